The van der Waals surface area contributed by atoms with E-state index in [-0.39, 0.29) is 5.75 Å². The number of hydrogen-bond acceptors (Lipinski definition) is 3. The lowest BCUT2D eigenvalue weighted by molar-refractivity contribution is 0.476. The SMILES string of the molecule is Cc1ccc(/C=C/c2ccc(-c3nc4ccc(O)cc4s3)cc2)cc1. The van der Waals surface area contributed by atoms with Gasteiger partial charge in [0.2, 0.25) is 0 Å². The normalized spacial score (nSPS) is 11.4. The molecule has 1 aromatic heterocycles. The molecule has 0 fully saturated rings. The predicted molar refractivity (Wildman–Crippen MR) is 107 cm³/mol. The van der Waals surface area contributed by atoms with Crippen molar-refractivity contribution < 1.29 is 5.11 Å². The lowest BCUT2D eigenvalue weighted by Crippen LogP contribution is -1.78. The molecule has 0 aliphatic carbocycles. The van der Waals surface area contributed by atoms with Crippen molar-refractivity contribution in [1.82, 2.24) is 4.98 Å². The quantitative estimate of drug-likeness (QED) is 0.453. The van der Waals surface area contributed by atoms with Crippen molar-refractivity contribution in [3.05, 3.63) is 83.4 Å². The number of phenolic OH excluding ortho intramolecular Hbond substituents is 1. The van der Waals surface area contributed by atoms with Crippen molar-refractivity contribution in [2.24, 2.45) is 0 Å². The van der Waals surface area contributed by atoms with Crippen LogP contribution in [0.4, 0.5) is 0 Å². The van der Waals surface area contributed by atoms with E-state index in [0.717, 1.165) is 26.4 Å². The number of aryl methyl sites for hydroxylation is 1. The van der Waals surface area contributed by atoms with Gasteiger partial charge in [0.05, 0.1) is 10.2 Å². The third kappa shape index (κ3) is 3.47. The van der Waals surface area contributed by atoms with E-state index in [1.54, 1.807) is 23.5 Å². The van der Waals surface area contributed by atoms with Crippen LogP contribution in [0, 0.1) is 6.92 Å². The Morgan fingerprint density at radius 2 is 1.48 bits per heavy atom. The van der Waals surface area contributed by atoms with Gasteiger partial charge in [0.1, 0.15) is 10.8 Å². The molecule has 0 amide bonds. The van der Waals surface area contributed by atoms with Crippen LogP contribution in [0.1, 0.15) is 16.7 Å². The highest BCUT2D eigenvalue weighted by atomic mass is 32.1. The van der Waals surface area contributed by atoms with Gasteiger partial charge < -0.3 is 5.11 Å². The fourth-order valence-electron chi connectivity index (χ4n) is 2.64. The van der Waals surface area contributed by atoms with E-state index in [0.29, 0.717) is 0 Å². The van der Waals surface area contributed by atoms with Gasteiger partial charge in [-0.15, -0.1) is 11.3 Å². The first-order chi connectivity index (χ1) is 12.2. The fourth-order valence-corrected chi connectivity index (χ4v) is 3.65. The zero-order valence-corrected chi connectivity index (χ0v) is 14.6. The molecule has 0 unspecified atom stereocenters. The molecule has 0 spiro atoms. The Bertz CT molecular complexity index is 1040. The zero-order valence-electron chi connectivity index (χ0n) is 13.8. The fraction of sp³-hybridized carbons (Fsp3) is 0.0455. The van der Waals surface area contributed by atoms with E-state index >= 15 is 0 Å². The van der Waals surface area contributed by atoms with Gasteiger partial charge in [-0.1, -0.05) is 66.2 Å². The van der Waals surface area contributed by atoms with Crippen LogP contribution >= 0.6 is 11.3 Å². The molecule has 122 valence electrons. The van der Waals surface area contributed by atoms with Gasteiger partial charge in [-0.3, -0.25) is 0 Å². The monoisotopic (exact) mass is 343 g/mol. The van der Waals surface area contributed by atoms with E-state index in [2.05, 4.69) is 72.6 Å². The molecule has 0 aliphatic heterocycles. The predicted octanol–water partition coefficient (Wildman–Crippen LogP) is 6.15. The van der Waals surface area contributed by atoms with Gasteiger partial charge in [0, 0.05) is 5.56 Å². The number of nitrogens with zero attached hydrogens (tertiary/aromatic N) is 1. The molecule has 1 N–H and O–H groups in total. The maximum absolute atomic E-state index is 9.59. The third-order valence-corrected chi connectivity index (χ3v) is 5.14. The van der Waals surface area contributed by atoms with Crippen LogP contribution in [0.15, 0.2) is 66.7 Å². The van der Waals surface area contributed by atoms with Crippen LogP contribution in [-0.4, -0.2) is 10.1 Å². The van der Waals surface area contributed by atoms with Crippen molar-refractivity contribution in [3.8, 4) is 16.3 Å². The van der Waals surface area contributed by atoms with Crippen LogP contribution in [0.2, 0.25) is 0 Å². The number of thiazole rings is 1. The van der Waals surface area contributed by atoms with Gasteiger partial charge in [-0.25, -0.2) is 4.98 Å². The molecular formula is C22H17NOS. The van der Waals surface area contributed by atoms with Crippen LogP contribution < -0.4 is 0 Å². The smallest absolute Gasteiger partial charge is 0.124 e. The molecule has 1 heterocycles. The first-order valence-corrected chi connectivity index (χ1v) is 8.94. The van der Waals surface area contributed by atoms with E-state index < -0.39 is 0 Å². The number of fused-ring (bicyclic) bond motifs is 1. The van der Waals surface area contributed by atoms with Crippen LogP contribution in [-0.2, 0) is 0 Å². The summed E-state index contributed by atoms with van der Waals surface area (Å²) in [5.74, 6) is 0.277. The average Bonchev–Trinajstić information content (AvgIpc) is 3.05. The molecule has 4 aromatic rings. The molecule has 3 aromatic carbocycles. The minimum Gasteiger partial charge on any atom is -0.508 e. The molecule has 2 nitrogen and oxygen atoms in total. The average molecular weight is 343 g/mol. The van der Waals surface area contributed by atoms with E-state index in [9.17, 15) is 5.11 Å². The first-order valence-electron chi connectivity index (χ1n) is 8.12. The van der Waals surface area contributed by atoms with Gasteiger partial charge in [0.25, 0.3) is 0 Å². The molecule has 0 saturated heterocycles. The van der Waals surface area contributed by atoms with Crippen molar-refractivity contribution in [2.75, 3.05) is 0 Å². The maximum Gasteiger partial charge on any atom is 0.124 e. The molecule has 0 atom stereocenters. The first kappa shape index (κ1) is 15.6. The van der Waals surface area contributed by atoms with Crippen molar-refractivity contribution in [1.29, 1.82) is 0 Å². The number of hydrogen-bond donors (Lipinski definition) is 1. The lowest BCUT2D eigenvalue weighted by atomic mass is 10.1. The maximum atomic E-state index is 9.59. The molecule has 0 saturated carbocycles. The molecule has 4 rings (SSSR count). The van der Waals surface area contributed by atoms with E-state index in [4.69, 9.17) is 0 Å². The largest absolute Gasteiger partial charge is 0.508 e. The number of aromatic nitrogens is 1. The van der Waals surface area contributed by atoms with E-state index in [1.807, 2.05) is 6.07 Å². The second-order valence-electron chi connectivity index (χ2n) is 6.04. The Kier molecular flexibility index (Phi) is 4.08. The Morgan fingerprint density at radius 1 is 0.840 bits per heavy atom. The molecule has 25 heavy (non-hydrogen) atoms. The molecule has 3 heteroatoms. The van der Waals surface area contributed by atoms with Gasteiger partial charge >= 0.3 is 0 Å². The number of phenols is 1. The number of rotatable bonds is 3. The molecular weight excluding hydrogens is 326 g/mol. The van der Waals surface area contributed by atoms with Crippen molar-refractivity contribution in [3.63, 3.8) is 0 Å². The van der Waals surface area contributed by atoms with Gasteiger partial charge in [0.15, 0.2) is 0 Å². The summed E-state index contributed by atoms with van der Waals surface area (Å²) >= 11 is 1.59. The molecule has 0 bridgehead atoms. The van der Waals surface area contributed by atoms with E-state index in [1.165, 1.54) is 11.1 Å². The van der Waals surface area contributed by atoms with Gasteiger partial charge in [-0.2, -0.15) is 0 Å². The van der Waals surface area contributed by atoms with Gasteiger partial charge in [-0.05, 0) is 36.2 Å². The van der Waals surface area contributed by atoms with Crippen molar-refractivity contribution >= 4 is 33.7 Å². The Balaban J connectivity index is 1.57. The zero-order chi connectivity index (χ0) is 17.2. The summed E-state index contributed by atoms with van der Waals surface area (Å²) in [4.78, 5) is 4.64. The Labute approximate surface area is 150 Å². The summed E-state index contributed by atoms with van der Waals surface area (Å²) in [6, 6.07) is 22.1. The lowest BCUT2D eigenvalue weighted by Gasteiger charge is -1.98. The molecule has 0 aliphatic rings. The highest BCUT2D eigenvalue weighted by molar-refractivity contribution is 7.21. The highest BCUT2D eigenvalue weighted by Crippen LogP contribution is 2.32. The summed E-state index contributed by atoms with van der Waals surface area (Å²) in [6.07, 6.45) is 4.24. The second kappa shape index (κ2) is 6.54. The van der Waals surface area contributed by atoms with Crippen molar-refractivity contribution in [2.45, 2.75) is 6.92 Å². The third-order valence-electron chi connectivity index (χ3n) is 4.08. The summed E-state index contributed by atoms with van der Waals surface area (Å²) in [6.45, 7) is 2.09. The summed E-state index contributed by atoms with van der Waals surface area (Å²) < 4.78 is 0.998. The number of benzene rings is 3. The van der Waals surface area contributed by atoms with Crippen LogP contribution in [0.25, 0.3) is 32.9 Å². The highest BCUT2D eigenvalue weighted by Gasteiger charge is 2.06. The topological polar surface area (TPSA) is 33.1 Å². The Hall–Kier alpha value is -2.91. The standard InChI is InChI=1S/C22H17NOS/c1-15-2-4-16(5-3-15)6-7-17-8-10-18(11-9-17)22-23-20-13-12-19(24)14-21(20)25-22/h2-14,24H,1H3/b7-6+. The molecule has 0 radical (unpaired) electrons. The second-order valence-corrected chi connectivity index (χ2v) is 7.07. The summed E-state index contributed by atoms with van der Waals surface area (Å²) in [5.41, 5.74) is 5.63. The minimum absolute atomic E-state index is 0.277. The van der Waals surface area contributed by atoms with Crippen LogP contribution in [0.3, 0.4) is 0 Å². The summed E-state index contributed by atoms with van der Waals surface area (Å²) in [7, 11) is 0. The van der Waals surface area contributed by atoms with Crippen LogP contribution in [0.5, 0.6) is 5.75 Å². The minimum atomic E-state index is 0.277. The number of aromatic hydroxyl groups is 1. The Morgan fingerprint density at radius 3 is 2.16 bits per heavy atom. The summed E-state index contributed by atoms with van der Waals surface area (Å²) in [5, 5.41) is 10.6.